The summed E-state index contributed by atoms with van der Waals surface area (Å²) in [5.74, 6) is 0.551. The second-order valence-electron chi connectivity index (χ2n) is 6.24. The molecule has 0 saturated heterocycles. The number of methoxy groups -OCH3 is 2. The maximum absolute atomic E-state index is 12.3. The van der Waals surface area contributed by atoms with E-state index in [0.29, 0.717) is 29.2 Å². The van der Waals surface area contributed by atoms with Crippen LogP contribution in [0.3, 0.4) is 0 Å². The number of nitro groups is 1. The zero-order valence-electron chi connectivity index (χ0n) is 16.7. The molecule has 2 aromatic carbocycles. The van der Waals surface area contributed by atoms with Crippen LogP contribution < -0.4 is 14.2 Å². The maximum Gasteiger partial charge on any atom is 0.363 e. The molecule has 3 rings (SSSR count). The lowest BCUT2D eigenvalue weighted by Gasteiger charge is -2.10. The molecule has 1 heterocycles. The normalized spacial score (nSPS) is 14.3. The standard InChI is InChI=1S/C21H20N2O7/c1-4-9-29-19-11-13(5-7-18(19)28-3)10-15-21(24)30-20(22-15)14-6-8-17(27-2)16(12-14)23(25)26/h5-8,10-12H,4,9H2,1-3H3/b15-10-. The number of hydrogen-bond acceptors (Lipinski definition) is 8. The van der Waals surface area contributed by atoms with E-state index in [1.807, 2.05) is 6.92 Å². The number of carbonyl (C=O) groups is 1. The maximum atomic E-state index is 12.3. The molecule has 0 radical (unpaired) electrons. The summed E-state index contributed by atoms with van der Waals surface area (Å²) in [6.07, 6.45) is 2.38. The molecule has 156 valence electrons. The van der Waals surface area contributed by atoms with Gasteiger partial charge in [-0.25, -0.2) is 9.79 Å². The average molecular weight is 412 g/mol. The van der Waals surface area contributed by atoms with Crippen molar-refractivity contribution in [1.82, 2.24) is 0 Å². The second kappa shape index (κ2) is 9.08. The van der Waals surface area contributed by atoms with Crippen molar-refractivity contribution in [3.05, 3.63) is 63.3 Å². The Morgan fingerprint density at radius 3 is 2.50 bits per heavy atom. The molecule has 0 fully saturated rings. The van der Waals surface area contributed by atoms with Crippen molar-refractivity contribution in [2.75, 3.05) is 20.8 Å². The largest absolute Gasteiger partial charge is 0.493 e. The number of hydrogen-bond donors (Lipinski definition) is 0. The van der Waals surface area contributed by atoms with Gasteiger partial charge < -0.3 is 18.9 Å². The van der Waals surface area contributed by atoms with E-state index in [0.717, 1.165) is 6.42 Å². The number of esters is 1. The number of nitrogens with zero attached hydrogens (tertiary/aromatic N) is 2. The van der Waals surface area contributed by atoms with E-state index in [-0.39, 0.29) is 23.0 Å². The monoisotopic (exact) mass is 412 g/mol. The fourth-order valence-electron chi connectivity index (χ4n) is 2.76. The molecule has 0 unspecified atom stereocenters. The summed E-state index contributed by atoms with van der Waals surface area (Å²) in [6.45, 7) is 2.52. The molecule has 1 aliphatic heterocycles. The van der Waals surface area contributed by atoms with Gasteiger partial charge in [0.1, 0.15) is 0 Å². The van der Waals surface area contributed by atoms with E-state index in [1.54, 1.807) is 31.4 Å². The lowest BCUT2D eigenvalue weighted by atomic mass is 10.1. The first kappa shape index (κ1) is 20.8. The third kappa shape index (κ3) is 4.40. The van der Waals surface area contributed by atoms with Crippen molar-refractivity contribution in [2.45, 2.75) is 13.3 Å². The van der Waals surface area contributed by atoms with Crippen molar-refractivity contribution < 1.29 is 28.7 Å². The van der Waals surface area contributed by atoms with E-state index in [9.17, 15) is 14.9 Å². The molecule has 0 bridgehead atoms. The number of benzene rings is 2. The summed E-state index contributed by atoms with van der Waals surface area (Å²) in [4.78, 5) is 27.1. The zero-order chi connectivity index (χ0) is 21.7. The van der Waals surface area contributed by atoms with Gasteiger partial charge >= 0.3 is 11.7 Å². The van der Waals surface area contributed by atoms with Crippen LogP contribution in [-0.4, -0.2) is 37.6 Å². The Morgan fingerprint density at radius 2 is 1.83 bits per heavy atom. The first-order valence-electron chi connectivity index (χ1n) is 9.13. The summed E-state index contributed by atoms with van der Waals surface area (Å²) in [5.41, 5.74) is 0.773. The van der Waals surface area contributed by atoms with Crippen LogP contribution in [0, 0.1) is 10.1 Å². The highest BCUT2D eigenvalue weighted by atomic mass is 16.6. The van der Waals surface area contributed by atoms with Gasteiger partial charge in [0.15, 0.2) is 22.9 Å². The van der Waals surface area contributed by atoms with Crippen LogP contribution in [0.25, 0.3) is 6.08 Å². The summed E-state index contributed by atoms with van der Waals surface area (Å²) in [5, 5.41) is 11.2. The molecular formula is C21H20N2O7. The van der Waals surface area contributed by atoms with E-state index in [4.69, 9.17) is 18.9 Å². The third-order valence-corrected chi connectivity index (χ3v) is 4.20. The summed E-state index contributed by atoms with van der Waals surface area (Å²) in [6, 6.07) is 9.43. The van der Waals surface area contributed by atoms with Crippen molar-refractivity contribution in [3.8, 4) is 17.2 Å². The van der Waals surface area contributed by atoms with Crippen molar-refractivity contribution >= 4 is 23.6 Å². The molecule has 30 heavy (non-hydrogen) atoms. The van der Waals surface area contributed by atoms with Crippen LogP contribution in [0.1, 0.15) is 24.5 Å². The number of ether oxygens (including phenoxy) is 4. The van der Waals surface area contributed by atoms with Gasteiger partial charge in [0.2, 0.25) is 5.90 Å². The molecule has 0 saturated carbocycles. The highest BCUT2D eigenvalue weighted by Crippen LogP contribution is 2.31. The predicted octanol–water partition coefficient (Wildman–Crippen LogP) is 3.75. The summed E-state index contributed by atoms with van der Waals surface area (Å²) in [7, 11) is 2.88. The second-order valence-corrected chi connectivity index (χ2v) is 6.24. The topological polar surface area (TPSA) is 109 Å². The zero-order valence-corrected chi connectivity index (χ0v) is 16.7. The van der Waals surface area contributed by atoms with Gasteiger partial charge in [-0.1, -0.05) is 13.0 Å². The number of carbonyl (C=O) groups excluding carboxylic acids is 1. The highest BCUT2D eigenvalue weighted by Gasteiger charge is 2.26. The Labute approximate surface area is 172 Å². The Balaban J connectivity index is 1.93. The number of cyclic esters (lactones) is 1. The van der Waals surface area contributed by atoms with Crippen molar-refractivity contribution in [1.29, 1.82) is 0 Å². The van der Waals surface area contributed by atoms with Gasteiger partial charge in [-0.15, -0.1) is 0 Å². The van der Waals surface area contributed by atoms with Crippen LogP contribution in [0.15, 0.2) is 47.1 Å². The molecule has 0 N–H and O–H groups in total. The Kier molecular flexibility index (Phi) is 6.31. The van der Waals surface area contributed by atoms with Gasteiger partial charge in [-0.3, -0.25) is 10.1 Å². The number of rotatable bonds is 8. The fourth-order valence-corrected chi connectivity index (χ4v) is 2.76. The molecule has 9 nitrogen and oxygen atoms in total. The minimum Gasteiger partial charge on any atom is -0.493 e. The Bertz CT molecular complexity index is 1040. The smallest absolute Gasteiger partial charge is 0.363 e. The molecule has 9 heteroatoms. The van der Waals surface area contributed by atoms with Gasteiger partial charge in [-0.2, -0.15) is 0 Å². The van der Waals surface area contributed by atoms with Crippen LogP contribution in [0.2, 0.25) is 0 Å². The van der Waals surface area contributed by atoms with E-state index in [1.165, 1.54) is 25.3 Å². The van der Waals surface area contributed by atoms with Crippen LogP contribution in [0.4, 0.5) is 5.69 Å². The van der Waals surface area contributed by atoms with E-state index >= 15 is 0 Å². The van der Waals surface area contributed by atoms with Crippen LogP contribution in [0.5, 0.6) is 17.2 Å². The lowest BCUT2D eigenvalue weighted by molar-refractivity contribution is -0.385. The van der Waals surface area contributed by atoms with E-state index < -0.39 is 10.9 Å². The van der Waals surface area contributed by atoms with Gasteiger partial charge in [-0.05, 0) is 42.3 Å². The summed E-state index contributed by atoms with van der Waals surface area (Å²) < 4.78 is 21.1. The van der Waals surface area contributed by atoms with Gasteiger partial charge in [0.05, 0.1) is 25.7 Å². The first-order valence-corrected chi connectivity index (χ1v) is 9.13. The molecule has 2 aromatic rings. The highest BCUT2D eigenvalue weighted by molar-refractivity contribution is 6.13. The minimum absolute atomic E-state index is 0.0204. The quantitative estimate of drug-likeness (QED) is 0.281. The van der Waals surface area contributed by atoms with Gasteiger partial charge in [0.25, 0.3) is 0 Å². The van der Waals surface area contributed by atoms with Crippen molar-refractivity contribution in [3.63, 3.8) is 0 Å². The molecule has 1 aliphatic rings. The average Bonchev–Trinajstić information content (AvgIpc) is 3.12. The molecule has 0 spiro atoms. The minimum atomic E-state index is -0.657. The van der Waals surface area contributed by atoms with Crippen LogP contribution >= 0.6 is 0 Å². The SMILES string of the molecule is CCCOc1cc(/C=C2\N=C(c3ccc(OC)c([N+](=O)[O-])c3)OC2=O)ccc1OC. The number of nitro benzene ring substituents is 1. The van der Waals surface area contributed by atoms with Crippen LogP contribution in [-0.2, 0) is 9.53 Å². The summed E-state index contributed by atoms with van der Waals surface area (Å²) >= 11 is 0. The molecule has 0 atom stereocenters. The van der Waals surface area contributed by atoms with Gasteiger partial charge in [0, 0.05) is 11.6 Å². The predicted molar refractivity (Wildman–Crippen MR) is 109 cm³/mol. The number of aliphatic imine (C=N–C) groups is 1. The third-order valence-electron chi connectivity index (χ3n) is 4.20. The molecule has 0 amide bonds. The first-order chi connectivity index (χ1) is 14.5. The van der Waals surface area contributed by atoms with Crippen molar-refractivity contribution in [2.24, 2.45) is 4.99 Å². The Morgan fingerprint density at radius 1 is 1.10 bits per heavy atom. The van der Waals surface area contributed by atoms with E-state index in [2.05, 4.69) is 4.99 Å². The fraction of sp³-hybridized carbons (Fsp3) is 0.238. The molecule has 0 aromatic heterocycles. The molecular weight excluding hydrogens is 392 g/mol. The lowest BCUT2D eigenvalue weighted by Crippen LogP contribution is -2.06. The Hall–Kier alpha value is -3.88. The molecule has 0 aliphatic carbocycles.